The quantitative estimate of drug-likeness (QED) is 0.198. The third kappa shape index (κ3) is 5.28. The Bertz CT molecular complexity index is 1400. The molecule has 0 aromatic heterocycles. The molecule has 0 heterocycles. The van der Waals surface area contributed by atoms with Crippen LogP contribution in [-0.4, -0.2) is 26.8 Å². The number of aromatic hydroxyl groups is 3. The van der Waals surface area contributed by atoms with Gasteiger partial charge >= 0.3 is 0 Å². The Labute approximate surface area is 209 Å². The molecule has 172 valence electrons. The molecule has 7 nitrogen and oxygen atoms in total. The maximum Gasteiger partial charge on any atom is 0.204 e. The highest BCUT2D eigenvalue weighted by Crippen LogP contribution is 2.31. The van der Waals surface area contributed by atoms with Gasteiger partial charge in [-0.2, -0.15) is 0 Å². The van der Waals surface area contributed by atoms with E-state index in [1.165, 1.54) is 48.6 Å². The summed E-state index contributed by atoms with van der Waals surface area (Å²) in [5.74, 6) is -0.590. The molecule has 1 aliphatic rings. The van der Waals surface area contributed by atoms with Gasteiger partial charge in [0.1, 0.15) is 17.2 Å². The van der Waals surface area contributed by atoms with Gasteiger partial charge in [-0.05, 0) is 60.7 Å². The van der Waals surface area contributed by atoms with Gasteiger partial charge in [0.25, 0.3) is 0 Å². The maximum absolute atomic E-state index is 12.9. The molecule has 3 aromatic rings. The summed E-state index contributed by atoms with van der Waals surface area (Å²) in [4.78, 5) is 17.4. The summed E-state index contributed by atoms with van der Waals surface area (Å²) in [7, 11) is 0. The second-order valence-corrected chi connectivity index (χ2v) is 8.42. The predicted molar refractivity (Wildman–Crippen MR) is 135 cm³/mol. The number of carbonyl (C=O) groups is 1. The first-order valence-electron chi connectivity index (χ1n) is 9.76. The predicted octanol–water partition coefficient (Wildman–Crippen LogP) is 6.41. The van der Waals surface area contributed by atoms with Crippen LogP contribution in [0.15, 0.2) is 83.1 Å². The van der Waals surface area contributed by atoms with Crippen LogP contribution in [0.25, 0.3) is 0 Å². The average Bonchev–Trinajstić information content (AvgIpc) is 2.79. The van der Waals surface area contributed by atoms with E-state index in [0.717, 1.165) is 0 Å². The van der Waals surface area contributed by atoms with Crippen molar-refractivity contribution in [2.24, 2.45) is 4.99 Å². The number of anilines is 2. The molecule has 4 rings (SSSR count). The molecule has 0 bridgehead atoms. The number of hydrogen-bond acceptors (Lipinski definition) is 7. The van der Waals surface area contributed by atoms with Crippen molar-refractivity contribution in [3.63, 3.8) is 0 Å². The van der Waals surface area contributed by atoms with Crippen LogP contribution in [0, 0.1) is 0 Å². The van der Waals surface area contributed by atoms with Gasteiger partial charge in [0.2, 0.25) is 5.78 Å². The number of phenols is 3. The van der Waals surface area contributed by atoms with Crippen LogP contribution in [0.1, 0.15) is 0 Å². The largest absolute Gasteiger partial charge is 0.506 e. The molecule has 0 radical (unpaired) electrons. The lowest BCUT2D eigenvalue weighted by Gasteiger charge is -2.19. The molecule has 3 aromatic carbocycles. The molecule has 0 aliphatic heterocycles. The third-order valence-corrected chi connectivity index (χ3v) is 5.64. The Morgan fingerprint density at radius 3 is 1.68 bits per heavy atom. The Morgan fingerprint density at radius 1 is 0.647 bits per heavy atom. The lowest BCUT2D eigenvalue weighted by Crippen LogP contribution is -2.22. The number of phenolic OH excluding ortho intramolecular Hbond substituents is 3. The number of nitrogens with one attached hydrogen (secondary N) is 2. The number of hydrogen-bond donors (Lipinski definition) is 5. The highest BCUT2D eigenvalue weighted by atomic mass is 35.5. The zero-order chi connectivity index (χ0) is 24.4. The van der Waals surface area contributed by atoms with Gasteiger partial charge in [-0.25, -0.2) is 4.99 Å². The molecule has 1 aliphatic carbocycles. The van der Waals surface area contributed by atoms with E-state index in [1.54, 1.807) is 18.2 Å². The molecule has 0 saturated heterocycles. The van der Waals surface area contributed by atoms with Crippen LogP contribution >= 0.6 is 34.8 Å². The zero-order valence-electron chi connectivity index (χ0n) is 17.2. The standard InChI is InChI=1S/C24H16Cl3N3O4/c25-15-7-12(1-4-21(15)31)28-18-10-20(30-14-3-6-23(33)17(27)9-14)24(34)11-19(18)29-13-2-5-22(32)16(26)8-13/h1-11,29-33H/b28-18-. The molecule has 34 heavy (non-hydrogen) atoms. The van der Waals surface area contributed by atoms with Crippen molar-refractivity contribution in [1.82, 2.24) is 0 Å². The summed E-state index contributed by atoms with van der Waals surface area (Å²) in [6.07, 6.45) is 2.89. The van der Waals surface area contributed by atoms with Crippen LogP contribution in [-0.2, 0) is 4.79 Å². The molecular formula is C24H16Cl3N3O4. The number of halogens is 3. The first-order valence-corrected chi connectivity index (χ1v) is 10.9. The minimum Gasteiger partial charge on any atom is -0.506 e. The normalized spacial score (nSPS) is 14.6. The van der Waals surface area contributed by atoms with Gasteiger partial charge in [0.15, 0.2) is 0 Å². The van der Waals surface area contributed by atoms with E-state index in [-0.39, 0.29) is 43.8 Å². The summed E-state index contributed by atoms with van der Waals surface area (Å²) < 4.78 is 0. The van der Waals surface area contributed by atoms with Crippen molar-refractivity contribution >= 4 is 63.4 Å². The molecular weight excluding hydrogens is 501 g/mol. The second kappa shape index (κ2) is 9.69. The van der Waals surface area contributed by atoms with Gasteiger partial charge in [0, 0.05) is 17.5 Å². The summed E-state index contributed by atoms with van der Waals surface area (Å²) >= 11 is 18.0. The summed E-state index contributed by atoms with van der Waals surface area (Å²) in [5.41, 5.74) is 2.40. The first kappa shape index (κ1) is 23.5. The van der Waals surface area contributed by atoms with E-state index >= 15 is 0 Å². The molecule has 0 spiro atoms. The second-order valence-electron chi connectivity index (χ2n) is 7.20. The monoisotopic (exact) mass is 515 g/mol. The van der Waals surface area contributed by atoms with Crippen molar-refractivity contribution in [3.05, 3.63) is 93.2 Å². The van der Waals surface area contributed by atoms with Gasteiger partial charge in [-0.3, -0.25) is 4.79 Å². The minimum absolute atomic E-state index is 0.0764. The topological polar surface area (TPSA) is 114 Å². The van der Waals surface area contributed by atoms with Crippen molar-refractivity contribution in [3.8, 4) is 17.2 Å². The fraction of sp³-hybridized carbons (Fsp3) is 0. The average molecular weight is 517 g/mol. The highest BCUT2D eigenvalue weighted by molar-refractivity contribution is 6.33. The fourth-order valence-corrected chi connectivity index (χ4v) is 3.58. The molecule has 0 atom stereocenters. The van der Waals surface area contributed by atoms with Gasteiger partial charge in [-0.15, -0.1) is 0 Å². The first-order chi connectivity index (χ1) is 16.2. The molecule has 5 N–H and O–H groups in total. The fourth-order valence-electron chi connectivity index (χ4n) is 3.04. The molecule has 0 saturated carbocycles. The zero-order valence-corrected chi connectivity index (χ0v) is 19.4. The molecule has 0 unspecified atom stereocenters. The van der Waals surface area contributed by atoms with Crippen molar-refractivity contribution < 1.29 is 20.1 Å². The van der Waals surface area contributed by atoms with Crippen molar-refractivity contribution in [2.75, 3.05) is 10.6 Å². The van der Waals surface area contributed by atoms with Crippen LogP contribution < -0.4 is 10.6 Å². The maximum atomic E-state index is 12.9. The van der Waals surface area contributed by atoms with Crippen LogP contribution in [0.4, 0.5) is 17.1 Å². The number of benzene rings is 3. The van der Waals surface area contributed by atoms with Gasteiger partial charge in [-0.1, -0.05) is 34.8 Å². The number of carbonyl (C=O) groups excluding carboxylic acids is 1. The van der Waals surface area contributed by atoms with Crippen LogP contribution in [0.5, 0.6) is 17.2 Å². The molecule has 10 heteroatoms. The third-order valence-electron chi connectivity index (χ3n) is 4.73. The Hall–Kier alpha value is -3.65. The number of ketones is 1. The minimum atomic E-state index is -0.348. The number of nitrogens with zero attached hydrogens (tertiary/aromatic N) is 1. The lowest BCUT2D eigenvalue weighted by molar-refractivity contribution is -0.111. The molecule has 0 amide bonds. The van der Waals surface area contributed by atoms with E-state index in [4.69, 9.17) is 34.8 Å². The van der Waals surface area contributed by atoms with E-state index in [0.29, 0.717) is 28.5 Å². The summed E-state index contributed by atoms with van der Waals surface area (Å²) in [6, 6.07) is 13.4. The van der Waals surface area contributed by atoms with Gasteiger partial charge in [0.05, 0.1) is 37.9 Å². The number of allylic oxidation sites excluding steroid dienone is 2. The van der Waals surface area contributed by atoms with E-state index < -0.39 is 0 Å². The Kier molecular flexibility index (Phi) is 6.70. The van der Waals surface area contributed by atoms with Gasteiger partial charge < -0.3 is 26.0 Å². The van der Waals surface area contributed by atoms with E-state index in [9.17, 15) is 20.1 Å². The van der Waals surface area contributed by atoms with Crippen LogP contribution in [0.3, 0.4) is 0 Å². The lowest BCUT2D eigenvalue weighted by atomic mass is 10.0. The number of aliphatic imine (C=N–C) groups is 1. The van der Waals surface area contributed by atoms with E-state index in [2.05, 4.69) is 15.6 Å². The SMILES string of the molecule is O=C1C=C(Nc2ccc(O)c(Cl)c2)/C(=N\c2ccc(O)c(Cl)c2)C=C1Nc1ccc(O)c(Cl)c1. The van der Waals surface area contributed by atoms with Crippen LogP contribution in [0.2, 0.25) is 15.1 Å². The number of rotatable bonds is 5. The smallest absolute Gasteiger partial charge is 0.204 e. The summed E-state index contributed by atoms with van der Waals surface area (Å²) in [6.45, 7) is 0. The molecule has 0 fully saturated rings. The summed E-state index contributed by atoms with van der Waals surface area (Å²) in [5, 5.41) is 35.4. The van der Waals surface area contributed by atoms with Crippen molar-refractivity contribution in [1.29, 1.82) is 0 Å². The Morgan fingerprint density at radius 2 is 1.15 bits per heavy atom. The van der Waals surface area contributed by atoms with Crippen molar-refractivity contribution in [2.45, 2.75) is 0 Å². The van der Waals surface area contributed by atoms with E-state index in [1.807, 2.05) is 0 Å². The Balaban J connectivity index is 1.72. The highest BCUT2D eigenvalue weighted by Gasteiger charge is 2.20.